The monoisotopic (exact) mass is 895 g/mol. The number of hydrogen-bond donors (Lipinski definition) is 0. The Morgan fingerprint density at radius 1 is 0.323 bits per heavy atom. The number of rotatable bonds is 43. The SMILES string of the molecule is CC/C=C\C/C=C\C/C=C\C/C=C\C/C=C\C/C=C\CCCCC(=O)OCC(COC(=O)CCCCCCC/C=C\C/C=C\CCC)OC(=O)CC/C=C\C/C=C\C/C=C\C/C=C\CC. The number of allylic oxidation sites excluding steroid dienone is 24. The molecule has 0 radical (unpaired) electrons. The summed E-state index contributed by atoms with van der Waals surface area (Å²) in [6, 6.07) is 0. The summed E-state index contributed by atoms with van der Waals surface area (Å²) in [6.45, 7) is 6.20. The van der Waals surface area contributed by atoms with Crippen LogP contribution in [0.1, 0.15) is 188 Å². The van der Waals surface area contributed by atoms with Gasteiger partial charge in [0.15, 0.2) is 6.10 Å². The van der Waals surface area contributed by atoms with Crippen LogP contribution < -0.4 is 0 Å². The van der Waals surface area contributed by atoms with Gasteiger partial charge in [0.1, 0.15) is 13.2 Å². The van der Waals surface area contributed by atoms with Crippen molar-refractivity contribution in [3.05, 3.63) is 146 Å². The first-order valence-corrected chi connectivity index (χ1v) is 25.3. The van der Waals surface area contributed by atoms with Gasteiger partial charge in [-0.15, -0.1) is 0 Å². The number of esters is 3. The number of hydrogen-bond acceptors (Lipinski definition) is 6. The Labute approximate surface area is 397 Å². The van der Waals surface area contributed by atoms with Crippen LogP contribution in [0.25, 0.3) is 0 Å². The summed E-state index contributed by atoms with van der Waals surface area (Å²) in [6.07, 6.45) is 74.2. The van der Waals surface area contributed by atoms with Crippen LogP contribution in [0.3, 0.4) is 0 Å². The first-order valence-electron chi connectivity index (χ1n) is 25.3. The van der Waals surface area contributed by atoms with Crippen molar-refractivity contribution in [1.82, 2.24) is 0 Å². The van der Waals surface area contributed by atoms with Crippen molar-refractivity contribution in [1.29, 1.82) is 0 Å². The van der Waals surface area contributed by atoms with Gasteiger partial charge >= 0.3 is 17.9 Å². The van der Waals surface area contributed by atoms with E-state index in [9.17, 15) is 14.4 Å². The number of ether oxygens (including phenoxy) is 3. The standard InChI is InChI=1S/C59H90O6/c1-4-7-10-13-16-19-22-25-26-27-28-29-30-31-32-35-37-40-43-46-49-52-58(61)64-55-56(65-59(62)53-50-47-44-41-38-34-24-21-18-15-12-9-6-3)54-63-57(60)51-48-45-42-39-36-33-23-20-17-14-11-8-5-2/h7,9-12,14,16,18-21,23,25-26,28-29,31-32,34,37-38,40,44,47,56H,4-6,8,13,15,17,22,24,27,30,33,35-36,39,41-43,45-46,48-55H2,1-3H3/b10-7-,12-9-,14-11-,19-16-,21-18-,23-20-,26-25-,29-28-,32-31-,38-34-,40-37-,47-44-. The molecular formula is C59H90O6. The molecule has 0 aromatic heterocycles. The molecule has 0 N–H and O–H groups in total. The summed E-state index contributed by atoms with van der Waals surface area (Å²) in [5, 5.41) is 0. The van der Waals surface area contributed by atoms with Gasteiger partial charge < -0.3 is 14.2 Å². The lowest BCUT2D eigenvalue weighted by Crippen LogP contribution is -2.30. The molecule has 0 rings (SSSR count). The van der Waals surface area contributed by atoms with E-state index in [4.69, 9.17) is 14.2 Å². The lowest BCUT2D eigenvalue weighted by atomic mass is 10.1. The highest BCUT2D eigenvalue weighted by atomic mass is 16.6. The molecule has 65 heavy (non-hydrogen) atoms. The molecule has 362 valence electrons. The number of carbonyl (C=O) groups is 3. The van der Waals surface area contributed by atoms with E-state index in [0.29, 0.717) is 19.3 Å². The van der Waals surface area contributed by atoms with Crippen molar-refractivity contribution >= 4 is 17.9 Å². The normalized spacial score (nSPS) is 13.3. The summed E-state index contributed by atoms with van der Waals surface area (Å²) in [7, 11) is 0. The Balaban J connectivity index is 4.57. The molecule has 0 heterocycles. The molecule has 0 aromatic rings. The van der Waals surface area contributed by atoms with Gasteiger partial charge in [-0.2, -0.15) is 0 Å². The maximum atomic E-state index is 12.7. The highest BCUT2D eigenvalue weighted by molar-refractivity contribution is 5.71. The van der Waals surface area contributed by atoms with E-state index in [1.807, 2.05) is 12.2 Å². The fraction of sp³-hybridized carbons (Fsp3) is 0.542. The minimum atomic E-state index is -0.845. The van der Waals surface area contributed by atoms with Gasteiger partial charge in [0.25, 0.3) is 0 Å². The number of carbonyl (C=O) groups excluding carboxylic acids is 3. The Hall–Kier alpha value is -4.71. The molecule has 6 heteroatoms. The highest BCUT2D eigenvalue weighted by Crippen LogP contribution is 2.11. The summed E-state index contributed by atoms with van der Waals surface area (Å²) in [5.74, 6) is -1.09. The first-order chi connectivity index (χ1) is 32.0. The van der Waals surface area contributed by atoms with E-state index in [-0.39, 0.29) is 38.0 Å². The van der Waals surface area contributed by atoms with Crippen LogP contribution in [0, 0.1) is 0 Å². The molecule has 0 aromatic carbocycles. The molecule has 0 bridgehead atoms. The molecule has 1 unspecified atom stereocenters. The van der Waals surface area contributed by atoms with Crippen molar-refractivity contribution in [2.24, 2.45) is 0 Å². The van der Waals surface area contributed by atoms with E-state index in [2.05, 4.69) is 154 Å². The molecule has 6 nitrogen and oxygen atoms in total. The minimum absolute atomic E-state index is 0.134. The van der Waals surface area contributed by atoms with Crippen LogP contribution in [-0.4, -0.2) is 37.2 Å². The lowest BCUT2D eigenvalue weighted by molar-refractivity contribution is -0.166. The first kappa shape index (κ1) is 60.3. The molecule has 0 aliphatic carbocycles. The minimum Gasteiger partial charge on any atom is -0.462 e. The predicted octanol–water partition coefficient (Wildman–Crippen LogP) is 16.9. The Bertz CT molecular complexity index is 1490. The molecule has 0 saturated heterocycles. The second kappa shape index (κ2) is 51.9. The zero-order valence-electron chi connectivity index (χ0n) is 41.2. The largest absolute Gasteiger partial charge is 0.462 e. The zero-order chi connectivity index (χ0) is 47.2. The summed E-state index contributed by atoms with van der Waals surface area (Å²) < 4.78 is 16.6. The third kappa shape index (κ3) is 50.2. The van der Waals surface area contributed by atoms with Crippen molar-refractivity contribution in [2.45, 2.75) is 194 Å². The smallest absolute Gasteiger partial charge is 0.306 e. The molecule has 1 atom stereocenters. The molecule has 0 aliphatic heterocycles. The van der Waals surface area contributed by atoms with Crippen LogP contribution >= 0.6 is 0 Å². The van der Waals surface area contributed by atoms with Crippen molar-refractivity contribution in [2.75, 3.05) is 13.2 Å². The van der Waals surface area contributed by atoms with Crippen molar-refractivity contribution in [3.8, 4) is 0 Å². The van der Waals surface area contributed by atoms with Crippen LogP contribution in [0.2, 0.25) is 0 Å². The molecule has 0 spiro atoms. The van der Waals surface area contributed by atoms with Gasteiger partial charge in [0.05, 0.1) is 0 Å². The zero-order valence-corrected chi connectivity index (χ0v) is 41.2. The third-order valence-corrected chi connectivity index (χ3v) is 9.80. The van der Waals surface area contributed by atoms with Crippen molar-refractivity contribution < 1.29 is 28.6 Å². The third-order valence-electron chi connectivity index (χ3n) is 9.80. The van der Waals surface area contributed by atoms with Gasteiger partial charge in [0, 0.05) is 19.3 Å². The van der Waals surface area contributed by atoms with E-state index < -0.39 is 12.1 Å². The average Bonchev–Trinajstić information content (AvgIpc) is 3.30. The van der Waals surface area contributed by atoms with E-state index >= 15 is 0 Å². The van der Waals surface area contributed by atoms with Crippen LogP contribution in [0.15, 0.2) is 146 Å². The van der Waals surface area contributed by atoms with Gasteiger partial charge in [0.2, 0.25) is 0 Å². The molecule has 0 aliphatic rings. The topological polar surface area (TPSA) is 78.9 Å². The van der Waals surface area contributed by atoms with Crippen LogP contribution in [-0.2, 0) is 28.6 Å². The van der Waals surface area contributed by atoms with E-state index in [1.54, 1.807) is 0 Å². The van der Waals surface area contributed by atoms with Gasteiger partial charge in [-0.1, -0.05) is 192 Å². The molecule has 0 saturated carbocycles. The van der Waals surface area contributed by atoms with Gasteiger partial charge in [-0.25, -0.2) is 0 Å². The van der Waals surface area contributed by atoms with Gasteiger partial charge in [-0.3, -0.25) is 14.4 Å². The summed E-state index contributed by atoms with van der Waals surface area (Å²) in [4.78, 5) is 37.9. The maximum absolute atomic E-state index is 12.7. The maximum Gasteiger partial charge on any atom is 0.306 e. The second-order valence-electron chi connectivity index (χ2n) is 16.0. The van der Waals surface area contributed by atoms with Crippen LogP contribution in [0.4, 0.5) is 0 Å². The molecular weight excluding hydrogens is 805 g/mol. The Morgan fingerprint density at radius 2 is 0.631 bits per heavy atom. The average molecular weight is 895 g/mol. The Morgan fingerprint density at radius 3 is 1.03 bits per heavy atom. The van der Waals surface area contributed by atoms with Gasteiger partial charge in [-0.05, 0) is 122 Å². The highest BCUT2D eigenvalue weighted by Gasteiger charge is 2.19. The summed E-state index contributed by atoms with van der Waals surface area (Å²) >= 11 is 0. The summed E-state index contributed by atoms with van der Waals surface area (Å²) in [5.41, 5.74) is 0. The second-order valence-corrected chi connectivity index (χ2v) is 16.0. The Kier molecular flexibility index (Phi) is 48.2. The van der Waals surface area contributed by atoms with Crippen LogP contribution in [0.5, 0.6) is 0 Å². The predicted molar refractivity (Wildman–Crippen MR) is 279 cm³/mol. The van der Waals surface area contributed by atoms with Crippen molar-refractivity contribution in [3.63, 3.8) is 0 Å². The number of unbranched alkanes of at least 4 members (excludes halogenated alkanes) is 8. The molecule has 0 fully saturated rings. The fourth-order valence-corrected chi connectivity index (χ4v) is 6.08. The quantitative estimate of drug-likeness (QED) is 0.0263. The van der Waals surface area contributed by atoms with E-state index in [0.717, 1.165) is 128 Å². The fourth-order valence-electron chi connectivity index (χ4n) is 6.08. The lowest BCUT2D eigenvalue weighted by Gasteiger charge is -2.18. The molecule has 0 amide bonds. The van der Waals surface area contributed by atoms with E-state index in [1.165, 1.54) is 6.42 Å².